The predicted octanol–water partition coefficient (Wildman–Crippen LogP) is 1.62. The Hall–Kier alpha value is -1.12. The molecular weight excluding hydrogens is 166 g/mol. The number of oxime groups is 1. The van der Waals surface area contributed by atoms with Gasteiger partial charge in [-0.1, -0.05) is 19.0 Å². The number of hydrogen-bond donors (Lipinski definition) is 1. The van der Waals surface area contributed by atoms with E-state index in [2.05, 4.69) is 19.0 Å². The molecular formula is C10H13NO2. The summed E-state index contributed by atoms with van der Waals surface area (Å²) in [7, 11) is 0. The van der Waals surface area contributed by atoms with Gasteiger partial charge >= 0.3 is 0 Å². The highest BCUT2D eigenvalue weighted by molar-refractivity contribution is 6.01. The monoisotopic (exact) mass is 179 g/mol. The van der Waals surface area contributed by atoms with Crippen molar-refractivity contribution in [3.8, 4) is 0 Å². The van der Waals surface area contributed by atoms with Crippen molar-refractivity contribution in [2.45, 2.75) is 20.3 Å². The maximum Gasteiger partial charge on any atom is 0.159 e. The first-order valence-electron chi connectivity index (χ1n) is 4.50. The molecule has 3 aliphatic carbocycles. The first-order valence-corrected chi connectivity index (χ1v) is 4.50. The van der Waals surface area contributed by atoms with Crippen molar-refractivity contribution < 1.29 is 10.0 Å². The van der Waals surface area contributed by atoms with E-state index in [1.54, 1.807) is 6.08 Å². The fraction of sp³-hybridized carbons (Fsp3) is 0.600. The van der Waals surface area contributed by atoms with E-state index in [0.717, 1.165) is 12.0 Å². The topological polar surface area (TPSA) is 49.7 Å². The summed E-state index contributed by atoms with van der Waals surface area (Å²) in [6, 6.07) is 0. The molecule has 0 spiro atoms. The molecule has 0 aromatic carbocycles. The molecule has 3 rings (SSSR count). The Labute approximate surface area is 77.1 Å². The molecule has 0 aliphatic heterocycles. The predicted molar refractivity (Wildman–Crippen MR) is 48.7 cm³/mol. The van der Waals surface area contributed by atoms with E-state index in [4.69, 9.17) is 5.21 Å². The fourth-order valence-electron chi connectivity index (χ4n) is 2.53. The molecule has 70 valence electrons. The number of hydrogen-bond acceptors (Lipinski definition) is 3. The molecule has 0 aromatic rings. The van der Waals surface area contributed by atoms with Crippen LogP contribution in [0.25, 0.3) is 0 Å². The molecule has 1 fully saturated rings. The van der Waals surface area contributed by atoms with Crippen LogP contribution in [0.1, 0.15) is 20.3 Å². The molecule has 0 heterocycles. The number of fused-ring (bicyclic) bond motifs is 1. The number of carbonyl (C=O) groups is 1. The highest BCUT2D eigenvalue weighted by atomic mass is 16.4. The maximum atomic E-state index is 11.5. The Kier molecular flexibility index (Phi) is 1.59. The van der Waals surface area contributed by atoms with Crippen LogP contribution < -0.4 is 0 Å². The lowest BCUT2D eigenvalue weighted by atomic mass is 9.48. The molecule has 3 heteroatoms. The SMILES string of the molecule is CC1(C)C2C[C@H]1C(/C=N\O)=CC2=O. The molecule has 1 N–H and O–H groups in total. The summed E-state index contributed by atoms with van der Waals surface area (Å²) in [5.74, 6) is 0.766. The lowest BCUT2D eigenvalue weighted by Crippen LogP contribution is -2.52. The van der Waals surface area contributed by atoms with Crippen molar-refractivity contribution in [1.82, 2.24) is 0 Å². The van der Waals surface area contributed by atoms with Gasteiger partial charge in [0.25, 0.3) is 0 Å². The van der Waals surface area contributed by atoms with E-state index >= 15 is 0 Å². The van der Waals surface area contributed by atoms with Gasteiger partial charge in [-0.3, -0.25) is 4.79 Å². The minimum atomic E-state index is 0.0579. The van der Waals surface area contributed by atoms with E-state index in [1.807, 2.05) is 0 Å². The second kappa shape index (κ2) is 2.44. The molecule has 2 atom stereocenters. The van der Waals surface area contributed by atoms with Gasteiger partial charge in [0.15, 0.2) is 5.78 Å². The van der Waals surface area contributed by atoms with Crippen LogP contribution in [-0.4, -0.2) is 17.2 Å². The molecule has 2 bridgehead atoms. The molecule has 0 amide bonds. The maximum absolute atomic E-state index is 11.5. The lowest BCUT2D eigenvalue weighted by Gasteiger charge is -2.54. The Balaban J connectivity index is 2.36. The molecule has 13 heavy (non-hydrogen) atoms. The van der Waals surface area contributed by atoms with Crippen molar-refractivity contribution in [2.24, 2.45) is 22.4 Å². The normalized spacial score (nSPS) is 35.8. The number of allylic oxidation sites excluding steroid dienone is 2. The van der Waals surface area contributed by atoms with E-state index in [0.29, 0.717) is 5.92 Å². The largest absolute Gasteiger partial charge is 0.411 e. The van der Waals surface area contributed by atoms with Crippen molar-refractivity contribution in [3.05, 3.63) is 11.6 Å². The summed E-state index contributed by atoms with van der Waals surface area (Å²) in [5, 5.41) is 11.4. The van der Waals surface area contributed by atoms with Crippen LogP contribution >= 0.6 is 0 Å². The third-order valence-corrected chi connectivity index (χ3v) is 3.53. The summed E-state index contributed by atoms with van der Waals surface area (Å²) < 4.78 is 0. The van der Waals surface area contributed by atoms with Gasteiger partial charge < -0.3 is 5.21 Å². The second-order valence-corrected chi connectivity index (χ2v) is 4.45. The summed E-state index contributed by atoms with van der Waals surface area (Å²) in [6.45, 7) is 4.20. The third kappa shape index (κ3) is 0.961. The Morgan fingerprint density at radius 3 is 2.77 bits per heavy atom. The summed E-state index contributed by atoms with van der Waals surface area (Å²) in [4.78, 5) is 11.5. The Bertz CT molecular complexity index is 315. The van der Waals surface area contributed by atoms with Crippen molar-refractivity contribution in [3.63, 3.8) is 0 Å². The number of rotatable bonds is 1. The van der Waals surface area contributed by atoms with Crippen molar-refractivity contribution in [1.29, 1.82) is 0 Å². The summed E-state index contributed by atoms with van der Waals surface area (Å²) in [5.41, 5.74) is 0.933. The van der Waals surface area contributed by atoms with Gasteiger partial charge in [0.2, 0.25) is 0 Å². The highest BCUT2D eigenvalue weighted by Crippen LogP contribution is 2.57. The van der Waals surface area contributed by atoms with Gasteiger partial charge in [-0.15, -0.1) is 0 Å². The minimum Gasteiger partial charge on any atom is -0.411 e. The van der Waals surface area contributed by atoms with Gasteiger partial charge in [0.1, 0.15) is 0 Å². The van der Waals surface area contributed by atoms with E-state index < -0.39 is 0 Å². The average Bonchev–Trinajstić information content (AvgIpc) is 2.03. The van der Waals surface area contributed by atoms with Crippen LogP contribution in [-0.2, 0) is 4.79 Å². The minimum absolute atomic E-state index is 0.0579. The molecule has 3 nitrogen and oxygen atoms in total. The van der Waals surface area contributed by atoms with Crippen molar-refractivity contribution >= 4 is 12.0 Å². The van der Waals surface area contributed by atoms with E-state index in [-0.39, 0.29) is 17.1 Å². The quantitative estimate of drug-likeness (QED) is 0.378. The van der Waals surface area contributed by atoms with Gasteiger partial charge in [0.05, 0.1) is 6.21 Å². The average molecular weight is 179 g/mol. The molecule has 1 saturated carbocycles. The van der Waals surface area contributed by atoms with E-state index in [1.165, 1.54) is 6.21 Å². The first-order chi connectivity index (χ1) is 6.07. The molecule has 1 unspecified atom stereocenters. The third-order valence-electron chi connectivity index (χ3n) is 3.53. The van der Waals surface area contributed by atoms with Crippen LogP contribution in [0.2, 0.25) is 0 Å². The standard InChI is InChI=1S/C10H13NO2/c1-10(2)7-4-8(10)9(12)3-6(7)5-11-13/h3,5,7-8,13H,4H2,1-2H3/b11-5-/t7-,8?/m0/s1. The first kappa shape index (κ1) is 8.48. The molecule has 0 aromatic heterocycles. The zero-order valence-electron chi connectivity index (χ0n) is 7.82. The van der Waals surface area contributed by atoms with Crippen molar-refractivity contribution in [2.75, 3.05) is 0 Å². The van der Waals surface area contributed by atoms with Crippen LogP contribution in [0.15, 0.2) is 16.8 Å². The van der Waals surface area contributed by atoms with Gasteiger partial charge in [0, 0.05) is 5.92 Å². The molecule has 0 saturated heterocycles. The zero-order valence-corrected chi connectivity index (χ0v) is 7.82. The van der Waals surface area contributed by atoms with Gasteiger partial charge in [-0.05, 0) is 29.4 Å². The summed E-state index contributed by atoms with van der Waals surface area (Å²) >= 11 is 0. The Morgan fingerprint density at radius 1 is 1.62 bits per heavy atom. The highest BCUT2D eigenvalue weighted by Gasteiger charge is 2.54. The van der Waals surface area contributed by atoms with E-state index in [9.17, 15) is 4.79 Å². The molecule has 0 radical (unpaired) electrons. The van der Waals surface area contributed by atoms with Gasteiger partial charge in [-0.25, -0.2) is 0 Å². The number of ketones is 1. The van der Waals surface area contributed by atoms with Gasteiger partial charge in [-0.2, -0.15) is 0 Å². The molecule has 3 aliphatic rings. The zero-order chi connectivity index (χ0) is 9.64. The number of carbonyl (C=O) groups excluding carboxylic acids is 1. The van der Waals surface area contributed by atoms with Crippen LogP contribution in [0.4, 0.5) is 0 Å². The lowest BCUT2D eigenvalue weighted by molar-refractivity contribution is -0.133. The number of nitrogens with zero attached hydrogens (tertiary/aromatic N) is 1. The fourth-order valence-corrected chi connectivity index (χ4v) is 2.53. The smallest absolute Gasteiger partial charge is 0.159 e. The van der Waals surface area contributed by atoms with Crippen LogP contribution in [0.3, 0.4) is 0 Å². The Morgan fingerprint density at radius 2 is 2.31 bits per heavy atom. The van der Waals surface area contributed by atoms with Crippen LogP contribution in [0, 0.1) is 17.3 Å². The summed E-state index contributed by atoms with van der Waals surface area (Å²) in [6.07, 6.45) is 3.92. The second-order valence-electron chi connectivity index (χ2n) is 4.45. The van der Waals surface area contributed by atoms with Crippen LogP contribution in [0.5, 0.6) is 0 Å².